The van der Waals surface area contributed by atoms with Gasteiger partial charge in [0.15, 0.2) is 0 Å². The summed E-state index contributed by atoms with van der Waals surface area (Å²) in [6.45, 7) is 6.77. The zero-order valence-corrected chi connectivity index (χ0v) is 14.0. The molecule has 1 aromatic rings. The van der Waals surface area contributed by atoms with E-state index in [-0.39, 0.29) is 17.0 Å². The van der Waals surface area contributed by atoms with Crippen LogP contribution in [-0.4, -0.2) is 33.6 Å². The maximum absolute atomic E-state index is 12.2. The van der Waals surface area contributed by atoms with Crippen molar-refractivity contribution in [2.24, 2.45) is 0 Å². The highest BCUT2D eigenvalue weighted by Gasteiger charge is 2.26. The molecular formula is C15H23N3O3S. The van der Waals surface area contributed by atoms with E-state index < -0.39 is 10.0 Å². The third-order valence-electron chi connectivity index (χ3n) is 3.42. The van der Waals surface area contributed by atoms with E-state index in [9.17, 15) is 13.2 Å². The second-order valence-electron chi connectivity index (χ2n) is 5.70. The molecule has 0 saturated heterocycles. The van der Waals surface area contributed by atoms with E-state index in [1.54, 1.807) is 36.9 Å². The van der Waals surface area contributed by atoms with Gasteiger partial charge in [-0.15, -0.1) is 0 Å². The standard InChI is InChI=1S/C15H23N3O3S/c1-4-8-16-15(19)18-9-7-12-10-13(5-6-14(12)18)22(20,21)17-11(2)3/h5-6,10-11,17H,4,7-9H2,1-3H3,(H,16,19). The summed E-state index contributed by atoms with van der Waals surface area (Å²) in [5.41, 5.74) is 1.68. The number of sulfonamides is 1. The Hall–Kier alpha value is -1.60. The number of urea groups is 1. The van der Waals surface area contributed by atoms with Crippen molar-refractivity contribution in [3.63, 3.8) is 0 Å². The highest BCUT2D eigenvalue weighted by molar-refractivity contribution is 7.89. The smallest absolute Gasteiger partial charge is 0.321 e. The molecule has 1 aliphatic rings. The number of carbonyl (C=O) groups is 1. The molecule has 1 aromatic carbocycles. The summed E-state index contributed by atoms with van der Waals surface area (Å²) in [5, 5.41) is 2.84. The number of nitrogens with zero attached hydrogens (tertiary/aromatic N) is 1. The number of fused-ring (bicyclic) bond motifs is 1. The van der Waals surface area contributed by atoms with E-state index in [0.717, 1.165) is 17.7 Å². The van der Waals surface area contributed by atoms with E-state index in [4.69, 9.17) is 0 Å². The van der Waals surface area contributed by atoms with E-state index in [1.165, 1.54) is 0 Å². The molecular weight excluding hydrogens is 302 g/mol. The molecule has 0 spiro atoms. The van der Waals surface area contributed by atoms with Crippen LogP contribution in [0.3, 0.4) is 0 Å². The van der Waals surface area contributed by atoms with Crippen molar-refractivity contribution in [2.45, 2.75) is 44.6 Å². The van der Waals surface area contributed by atoms with Crippen molar-refractivity contribution >= 4 is 21.7 Å². The quantitative estimate of drug-likeness (QED) is 0.867. The molecule has 2 rings (SSSR count). The van der Waals surface area contributed by atoms with Crippen molar-refractivity contribution in [3.05, 3.63) is 23.8 Å². The SMILES string of the molecule is CCCNC(=O)N1CCc2cc(S(=O)(=O)NC(C)C)ccc21. The summed E-state index contributed by atoms with van der Waals surface area (Å²) in [6, 6.07) is 4.64. The van der Waals surface area contributed by atoms with Crippen LogP contribution in [0.25, 0.3) is 0 Å². The minimum atomic E-state index is -3.50. The number of benzene rings is 1. The Bertz CT molecular complexity index is 656. The first-order valence-electron chi connectivity index (χ1n) is 7.55. The van der Waals surface area contributed by atoms with Gasteiger partial charge in [-0.2, -0.15) is 0 Å². The molecule has 0 fully saturated rings. The van der Waals surface area contributed by atoms with E-state index in [1.807, 2.05) is 6.92 Å². The summed E-state index contributed by atoms with van der Waals surface area (Å²) < 4.78 is 27.0. The van der Waals surface area contributed by atoms with Gasteiger partial charge in [-0.3, -0.25) is 4.90 Å². The predicted molar refractivity (Wildman–Crippen MR) is 86.6 cm³/mol. The van der Waals surface area contributed by atoms with Gasteiger partial charge in [0.25, 0.3) is 0 Å². The maximum Gasteiger partial charge on any atom is 0.321 e. The molecule has 2 amide bonds. The Morgan fingerprint density at radius 1 is 1.36 bits per heavy atom. The molecule has 1 heterocycles. The van der Waals surface area contributed by atoms with Crippen LogP contribution >= 0.6 is 0 Å². The van der Waals surface area contributed by atoms with Crippen LogP contribution < -0.4 is 14.9 Å². The zero-order valence-electron chi connectivity index (χ0n) is 13.2. The lowest BCUT2D eigenvalue weighted by Crippen LogP contribution is -2.39. The van der Waals surface area contributed by atoms with Crippen molar-refractivity contribution in [3.8, 4) is 0 Å². The van der Waals surface area contributed by atoms with E-state index in [0.29, 0.717) is 19.5 Å². The first-order valence-corrected chi connectivity index (χ1v) is 9.04. The van der Waals surface area contributed by atoms with Gasteiger partial charge in [-0.1, -0.05) is 6.92 Å². The van der Waals surface area contributed by atoms with Crippen molar-refractivity contribution in [1.29, 1.82) is 0 Å². The second-order valence-corrected chi connectivity index (χ2v) is 7.41. The van der Waals surface area contributed by atoms with Gasteiger partial charge in [-0.25, -0.2) is 17.9 Å². The third-order valence-corrected chi connectivity index (χ3v) is 5.08. The summed E-state index contributed by atoms with van der Waals surface area (Å²) >= 11 is 0. The molecule has 2 N–H and O–H groups in total. The van der Waals surface area contributed by atoms with Crippen LogP contribution in [0.1, 0.15) is 32.8 Å². The van der Waals surface area contributed by atoms with Crippen molar-refractivity contribution in [1.82, 2.24) is 10.0 Å². The molecule has 0 aliphatic carbocycles. The second kappa shape index (κ2) is 6.66. The maximum atomic E-state index is 12.2. The largest absolute Gasteiger partial charge is 0.338 e. The molecule has 1 aliphatic heterocycles. The molecule has 122 valence electrons. The highest BCUT2D eigenvalue weighted by atomic mass is 32.2. The Kier molecular flexibility index (Phi) is 5.08. The zero-order chi connectivity index (χ0) is 16.3. The van der Waals surface area contributed by atoms with Gasteiger partial charge in [-0.05, 0) is 50.5 Å². The summed E-state index contributed by atoms with van der Waals surface area (Å²) in [4.78, 5) is 14.0. The first-order chi connectivity index (χ1) is 10.3. The number of hydrogen-bond acceptors (Lipinski definition) is 3. The Labute approximate surface area is 131 Å². The average molecular weight is 325 g/mol. The lowest BCUT2D eigenvalue weighted by atomic mass is 10.2. The molecule has 0 unspecified atom stereocenters. The molecule has 0 radical (unpaired) electrons. The molecule has 0 atom stereocenters. The van der Waals surface area contributed by atoms with Gasteiger partial charge in [0, 0.05) is 24.8 Å². The molecule has 0 bridgehead atoms. The van der Waals surface area contributed by atoms with Gasteiger partial charge in [0.2, 0.25) is 10.0 Å². The number of amides is 2. The Balaban J connectivity index is 2.22. The van der Waals surface area contributed by atoms with Crippen molar-refractivity contribution < 1.29 is 13.2 Å². The average Bonchev–Trinajstić information content (AvgIpc) is 2.86. The number of carbonyl (C=O) groups excluding carboxylic acids is 1. The fraction of sp³-hybridized carbons (Fsp3) is 0.533. The Morgan fingerprint density at radius 2 is 2.09 bits per heavy atom. The van der Waals surface area contributed by atoms with E-state index >= 15 is 0 Å². The molecule has 7 heteroatoms. The Morgan fingerprint density at radius 3 is 2.73 bits per heavy atom. The van der Waals surface area contributed by atoms with Gasteiger partial charge >= 0.3 is 6.03 Å². The molecule has 0 aromatic heterocycles. The molecule has 6 nitrogen and oxygen atoms in total. The lowest BCUT2D eigenvalue weighted by molar-refractivity contribution is 0.247. The number of anilines is 1. The van der Waals surface area contributed by atoms with Crippen LogP contribution in [0, 0.1) is 0 Å². The van der Waals surface area contributed by atoms with Crippen LogP contribution in [-0.2, 0) is 16.4 Å². The number of nitrogens with one attached hydrogen (secondary N) is 2. The minimum Gasteiger partial charge on any atom is -0.338 e. The molecule has 22 heavy (non-hydrogen) atoms. The van der Waals surface area contributed by atoms with Crippen LogP contribution in [0.4, 0.5) is 10.5 Å². The topological polar surface area (TPSA) is 78.5 Å². The van der Waals surface area contributed by atoms with Crippen LogP contribution in [0.5, 0.6) is 0 Å². The molecule has 0 saturated carbocycles. The number of hydrogen-bond donors (Lipinski definition) is 2. The third kappa shape index (κ3) is 3.59. The predicted octanol–water partition coefficient (Wildman–Crippen LogP) is 1.86. The summed E-state index contributed by atoms with van der Waals surface area (Å²) in [7, 11) is -3.50. The lowest BCUT2D eigenvalue weighted by Gasteiger charge is -2.18. The fourth-order valence-corrected chi connectivity index (χ4v) is 3.76. The normalized spacial score (nSPS) is 14.3. The van der Waals surface area contributed by atoms with Crippen LogP contribution in [0.15, 0.2) is 23.1 Å². The number of rotatable bonds is 5. The highest BCUT2D eigenvalue weighted by Crippen LogP contribution is 2.30. The summed E-state index contributed by atoms with van der Waals surface area (Å²) in [5.74, 6) is 0. The monoisotopic (exact) mass is 325 g/mol. The van der Waals surface area contributed by atoms with Crippen LogP contribution in [0.2, 0.25) is 0 Å². The van der Waals surface area contributed by atoms with E-state index in [2.05, 4.69) is 10.0 Å². The fourth-order valence-electron chi connectivity index (χ4n) is 2.46. The van der Waals surface area contributed by atoms with Crippen molar-refractivity contribution in [2.75, 3.05) is 18.0 Å². The van der Waals surface area contributed by atoms with Gasteiger partial charge < -0.3 is 5.32 Å². The summed E-state index contributed by atoms with van der Waals surface area (Å²) in [6.07, 6.45) is 1.55. The minimum absolute atomic E-state index is 0.128. The first kappa shape index (κ1) is 16.8. The van der Waals surface area contributed by atoms with Gasteiger partial charge in [0.05, 0.1) is 4.90 Å². The van der Waals surface area contributed by atoms with Gasteiger partial charge in [0.1, 0.15) is 0 Å².